The molecule has 1 N–H and O–H groups in total. The van der Waals surface area contributed by atoms with Crippen LogP contribution in [-0.4, -0.2) is 22.3 Å². The number of rotatable bonds is 5. The highest BCUT2D eigenvalue weighted by Gasteiger charge is 2.19. The van der Waals surface area contributed by atoms with Gasteiger partial charge in [0.25, 0.3) is 11.5 Å². The molecule has 5 heteroatoms. The number of benzene rings is 1. The molecule has 0 bridgehead atoms. The summed E-state index contributed by atoms with van der Waals surface area (Å²) >= 11 is 1.43. The van der Waals surface area contributed by atoms with Crippen molar-refractivity contribution in [1.29, 1.82) is 0 Å². The van der Waals surface area contributed by atoms with Gasteiger partial charge >= 0.3 is 0 Å². The first kappa shape index (κ1) is 17.4. The molecule has 0 spiro atoms. The summed E-state index contributed by atoms with van der Waals surface area (Å²) in [4.78, 5) is 30.7. The van der Waals surface area contributed by atoms with Gasteiger partial charge in [0, 0.05) is 17.6 Å². The van der Waals surface area contributed by atoms with E-state index in [4.69, 9.17) is 0 Å². The third-order valence-electron chi connectivity index (χ3n) is 4.04. The van der Waals surface area contributed by atoms with Gasteiger partial charge in [0.15, 0.2) is 0 Å². The number of H-pyrrole nitrogens is 1. The van der Waals surface area contributed by atoms with Crippen LogP contribution < -0.4 is 5.56 Å². The van der Waals surface area contributed by atoms with E-state index in [1.54, 1.807) is 4.90 Å². The largest absolute Gasteiger partial charge is 0.333 e. The summed E-state index contributed by atoms with van der Waals surface area (Å²) in [5.41, 5.74) is 2.41. The average molecular weight is 354 g/mol. The van der Waals surface area contributed by atoms with Crippen molar-refractivity contribution in [3.63, 3.8) is 0 Å². The highest BCUT2D eigenvalue weighted by molar-refractivity contribution is 7.12. The molecule has 130 valence electrons. The van der Waals surface area contributed by atoms with Gasteiger partial charge in [0.1, 0.15) is 0 Å². The molecule has 2 heterocycles. The number of carbonyl (C=O) groups excluding carboxylic acids is 1. The lowest BCUT2D eigenvalue weighted by atomic mass is 10.1. The Kier molecular flexibility index (Phi) is 5.04. The van der Waals surface area contributed by atoms with E-state index in [2.05, 4.69) is 18.8 Å². The minimum atomic E-state index is -0.133. The van der Waals surface area contributed by atoms with Gasteiger partial charge in [-0.15, -0.1) is 11.3 Å². The maximum atomic E-state index is 12.8. The number of aryl methyl sites for hydroxylation is 1. The van der Waals surface area contributed by atoms with Crippen LogP contribution in [-0.2, 0) is 6.54 Å². The van der Waals surface area contributed by atoms with Crippen LogP contribution in [0.25, 0.3) is 10.9 Å². The Balaban J connectivity index is 1.94. The molecular formula is C20H22N2O2S. The van der Waals surface area contributed by atoms with E-state index in [1.807, 2.05) is 48.7 Å². The van der Waals surface area contributed by atoms with Crippen molar-refractivity contribution in [2.75, 3.05) is 6.54 Å². The quantitative estimate of drug-likeness (QED) is 0.747. The summed E-state index contributed by atoms with van der Waals surface area (Å²) in [5, 5.41) is 2.87. The van der Waals surface area contributed by atoms with E-state index in [1.165, 1.54) is 11.3 Å². The second-order valence-electron chi connectivity index (χ2n) is 6.77. The number of pyridine rings is 1. The zero-order chi connectivity index (χ0) is 18.0. The smallest absolute Gasteiger partial charge is 0.264 e. The van der Waals surface area contributed by atoms with Crippen LogP contribution >= 0.6 is 11.3 Å². The van der Waals surface area contributed by atoms with Gasteiger partial charge in [-0.25, -0.2) is 0 Å². The topological polar surface area (TPSA) is 53.2 Å². The predicted molar refractivity (Wildman–Crippen MR) is 103 cm³/mol. The monoisotopic (exact) mass is 354 g/mol. The molecule has 0 aliphatic rings. The number of amides is 1. The first-order valence-electron chi connectivity index (χ1n) is 8.39. The molecule has 1 amide bonds. The summed E-state index contributed by atoms with van der Waals surface area (Å²) < 4.78 is 0. The Labute approximate surface area is 151 Å². The van der Waals surface area contributed by atoms with Gasteiger partial charge in [-0.2, -0.15) is 0 Å². The number of aromatic amines is 1. The Hall–Kier alpha value is -2.40. The van der Waals surface area contributed by atoms with Crippen LogP contribution in [0.1, 0.15) is 34.6 Å². The molecule has 0 radical (unpaired) electrons. The van der Waals surface area contributed by atoms with Crippen molar-refractivity contribution >= 4 is 28.1 Å². The highest BCUT2D eigenvalue weighted by atomic mass is 32.1. The number of thiophene rings is 1. The summed E-state index contributed by atoms with van der Waals surface area (Å²) in [5.74, 6) is 0.304. The second kappa shape index (κ2) is 7.23. The van der Waals surface area contributed by atoms with Crippen molar-refractivity contribution in [3.05, 3.63) is 68.1 Å². The van der Waals surface area contributed by atoms with Gasteiger partial charge in [0.05, 0.1) is 11.4 Å². The van der Waals surface area contributed by atoms with Gasteiger partial charge in [-0.3, -0.25) is 9.59 Å². The Morgan fingerprint density at radius 2 is 2.04 bits per heavy atom. The molecule has 0 atom stereocenters. The maximum Gasteiger partial charge on any atom is 0.264 e. The molecule has 25 heavy (non-hydrogen) atoms. The summed E-state index contributed by atoms with van der Waals surface area (Å²) in [6.45, 7) is 7.07. The van der Waals surface area contributed by atoms with E-state index in [0.717, 1.165) is 16.5 Å². The second-order valence-corrected chi connectivity index (χ2v) is 7.72. The fraction of sp³-hybridized carbons (Fsp3) is 0.300. The first-order chi connectivity index (χ1) is 11.9. The summed E-state index contributed by atoms with van der Waals surface area (Å²) in [7, 11) is 0. The Morgan fingerprint density at radius 3 is 2.72 bits per heavy atom. The van der Waals surface area contributed by atoms with Crippen LogP contribution in [0.5, 0.6) is 0 Å². The molecule has 3 aromatic rings. The minimum absolute atomic E-state index is 0.0212. The lowest BCUT2D eigenvalue weighted by Crippen LogP contribution is -2.35. The van der Waals surface area contributed by atoms with Crippen LogP contribution in [0.3, 0.4) is 0 Å². The van der Waals surface area contributed by atoms with Gasteiger partial charge < -0.3 is 9.88 Å². The molecule has 0 saturated heterocycles. The van der Waals surface area contributed by atoms with Gasteiger partial charge in [-0.1, -0.05) is 32.0 Å². The first-order valence-corrected chi connectivity index (χ1v) is 9.27. The molecule has 0 aliphatic carbocycles. The van der Waals surface area contributed by atoms with Crippen molar-refractivity contribution in [2.45, 2.75) is 27.3 Å². The molecule has 0 aliphatic heterocycles. The van der Waals surface area contributed by atoms with Crippen molar-refractivity contribution in [2.24, 2.45) is 5.92 Å². The van der Waals surface area contributed by atoms with E-state index in [0.29, 0.717) is 29.4 Å². The zero-order valence-electron chi connectivity index (χ0n) is 14.7. The Bertz CT molecular complexity index is 942. The SMILES string of the molecule is Cc1ccc2cc(CN(CC(C)C)C(=O)c3cccs3)c(=O)[nH]c2c1. The van der Waals surface area contributed by atoms with E-state index < -0.39 is 0 Å². The van der Waals surface area contributed by atoms with E-state index in [9.17, 15) is 9.59 Å². The zero-order valence-corrected chi connectivity index (χ0v) is 15.5. The molecule has 4 nitrogen and oxygen atoms in total. The molecular weight excluding hydrogens is 332 g/mol. The lowest BCUT2D eigenvalue weighted by molar-refractivity contribution is 0.0727. The van der Waals surface area contributed by atoms with Crippen LogP contribution in [0.15, 0.2) is 46.6 Å². The van der Waals surface area contributed by atoms with Crippen LogP contribution in [0.4, 0.5) is 0 Å². The minimum Gasteiger partial charge on any atom is -0.333 e. The maximum absolute atomic E-state index is 12.8. The van der Waals surface area contributed by atoms with Gasteiger partial charge in [0.2, 0.25) is 0 Å². The Morgan fingerprint density at radius 1 is 1.24 bits per heavy atom. The number of hydrogen-bond acceptors (Lipinski definition) is 3. The molecule has 0 fully saturated rings. The fourth-order valence-corrected chi connectivity index (χ4v) is 3.59. The normalized spacial score (nSPS) is 11.2. The third-order valence-corrected chi connectivity index (χ3v) is 4.90. The number of aromatic nitrogens is 1. The number of nitrogens with zero attached hydrogens (tertiary/aromatic N) is 1. The highest BCUT2D eigenvalue weighted by Crippen LogP contribution is 2.17. The summed E-state index contributed by atoms with van der Waals surface area (Å²) in [6.07, 6.45) is 0. The fourth-order valence-electron chi connectivity index (χ4n) is 2.90. The van der Waals surface area contributed by atoms with Crippen molar-refractivity contribution in [3.8, 4) is 0 Å². The average Bonchev–Trinajstić information content (AvgIpc) is 3.08. The van der Waals surface area contributed by atoms with Crippen molar-refractivity contribution in [1.82, 2.24) is 9.88 Å². The standard InChI is InChI=1S/C20H22N2O2S/c1-13(2)11-22(20(24)18-5-4-8-25-18)12-16-10-15-7-6-14(3)9-17(15)21-19(16)23/h4-10,13H,11-12H2,1-3H3,(H,21,23). The molecule has 0 unspecified atom stereocenters. The van der Waals surface area contributed by atoms with Crippen molar-refractivity contribution < 1.29 is 4.79 Å². The molecule has 0 saturated carbocycles. The molecule has 1 aromatic carbocycles. The number of nitrogens with one attached hydrogen (secondary N) is 1. The predicted octanol–water partition coefficient (Wildman–Crippen LogP) is 4.20. The van der Waals surface area contributed by atoms with Crippen LogP contribution in [0, 0.1) is 12.8 Å². The number of fused-ring (bicyclic) bond motifs is 1. The summed E-state index contributed by atoms with van der Waals surface area (Å²) in [6, 6.07) is 11.6. The lowest BCUT2D eigenvalue weighted by Gasteiger charge is -2.24. The number of carbonyl (C=O) groups is 1. The molecule has 2 aromatic heterocycles. The van der Waals surface area contributed by atoms with Crippen LogP contribution in [0.2, 0.25) is 0 Å². The van der Waals surface area contributed by atoms with E-state index >= 15 is 0 Å². The number of hydrogen-bond donors (Lipinski definition) is 1. The molecule has 3 rings (SSSR count). The third kappa shape index (κ3) is 3.99. The van der Waals surface area contributed by atoms with E-state index in [-0.39, 0.29) is 11.5 Å². The van der Waals surface area contributed by atoms with Gasteiger partial charge in [-0.05, 0) is 47.4 Å².